The minimum absolute atomic E-state index is 0.0245. The van der Waals surface area contributed by atoms with E-state index < -0.39 is 0 Å². The molecule has 0 aliphatic rings. The third kappa shape index (κ3) is 2.20. The molecule has 16 heavy (non-hydrogen) atoms. The lowest BCUT2D eigenvalue weighted by Gasteiger charge is -2.11. The van der Waals surface area contributed by atoms with Crippen LogP contribution in [0, 0.1) is 11.3 Å². The SMILES string of the molecule is CC(Nc1cccc(C#N)n1)c1ccco1. The van der Waals surface area contributed by atoms with Crippen LogP contribution in [0.1, 0.15) is 24.4 Å². The molecule has 4 nitrogen and oxygen atoms in total. The van der Waals surface area contributed by atoms with Crippen molar-refractivity contribution in [2.75, 3.05) is 5.32 Å². The summed E-state index contributed by atoms with van der Waals surface area (Å²) in [5.74, 6) is 1.51. The smallest absolute Gasteiger partial charge is 0.142 e. The van der Waals surface area contributed by atoms with Gasteiger partial charge < -0.3 is 9.73 Å². The van der Waals surface area contributed by atoms with Crippen LogP contribution in [0.15, 0.2) is 41.0 Å². The maximum atomic E-state index is 8.72. The van der Waals surface area contributed by atoms with E-state index in [1.165, 1.54) is 0 Å². The van der Waals surface area contributed by atoms with Crippen molar-refractivity contribution < 1.29 is 4.42 Å². The van der Waals surface area contributed by atoms with Crippen LogP contribution in [0.5, 0.6) is 0 Å². The minimum Gasteiger partial charge on any atom is -0.467 e. The molecular weight excluding hydrogens is 202 g/mol. The number of hydrogen-bond acceptors (Lipinski definition) is 4. The van der Waals surface area contributed by atoms with Crippen LogP contribution in [0.2, 0.25) is 0 Å². The highest BCUT2D eigenvalue weighted by Gasteiger charge is 2.08. The lowest BCUT2D eigenvalue weighted by molar-refractivity contribution is 0.490. The first kappa shape index (κ1) is 10.2. The van der Waals surface area contributed by atoms with E-state index in [1.54, 1.807) is 18.4 Å². The first-order valence-corrected chi connectivity index (χ1v) is 4.96. The van der Waals surface area contributed by atoms with Crippen molar-refractivity contribution in [3.8, 4) is 6.07 Å². The summed E-state index contributed by atoms with van der Waals surface area (Å²) in [5, 5.41) is 11.9. The Morgan fingerprint density at radius 1 is 1.38 bits per heavy atom. The number of hydrogen-bond donors (Lipinski definition) is 1. The van der Waals surface area contributed by atoms with E-state index in [1.807, 2.05) is 31.2 Å². The zero-order valence-corrected chi connectivity index (χ0v) is 8.84. The number of aromatic nitrogens is 1. The van der Waals surface area contributed by atoms with Crippen molar-refractivity contribution in [2.24, 2.45) is 0 Å². The summed E-state index contributed by atoms with van der Waals surface area (Å²) in [7, 11) is 0. The van der Waals surface area contributed by atoms with Crippen LogP contribution in [0.25, 0.3) is 0 Å². The van der Waals surface area contributed by atoms with E-state index in [0.29, 0.717) is 11.5 Å². The molecular formula is C12H11N3O. The van der Waals surface area contributed by atoms with E-state index in [9.17, 15) is 0 Å². The van der Waals surface area contributed by atoms with Gasteiger partial charge in [0.05, 0.1) is 12.3 Å². The van der Waals surface area contributed by atoms with Gasteiger partial charge in [0.1, 0.15) is 23.3 Å². The fraction of sp³-hybridized carbons (Fsp3) is 0.167. The predicted octanol–water partition coefficient (Wildman–Crippen LogP) is 2.72. The molecule has 0 aromatic carbocycles. The molecule has 0 saturated heterocycles. The molecule has 0 spiro atoms. The first-order chi connectivity index (χ1) is 7.79. The predicted molar refractivity (Wildman–Crippen MR) is 59.7 cm³/mol. The van der Waals surface area contributed by atoms with Gasteiger partial charge in [-0.1, -0.05) is 6.07 Å². The highest BCUT2D eigenvalue weighted by Crippen LogP contribution is 2.17. The van der Waals surface area contributed by atoms with Crippen molar-refractivity contribution in [2.45, 2.75) is 13.0 Å². The van der Waals surface area contributed by atoms with Crippen molar-refractivity contribution in [1.82, 2.24) is 4.98 Å². The second kappa shape index (κ2) is 4.49. The van der Waals surface area contributed by atoms with E-state index >= 15 is 0 Å². The topological polar surface area (TPSA) is 61.9 Å². The molecule has 80 valence electrons. The largest absolute Gasteiger partial charge is 0.467 e. The number of nitrogens with one attached hydrogen (secondary N) is 1. The standard InChI is InChI=1S/C12H11N3O/c1-9(11-5-3-7-16-11)14-12-6-2-4-10(8-13)15-12/h2-7,9H,1H3,(H,14,15). The molecule has 2 aromatic heterocycles. The first-order valence-electron chi connectivity index (χ1n) is 4.96. The van der Waals surface area contributed by atoms with Crippen molar-refractivity contribution in [3.05, 3.63) is 48.0 Å². The van der Waals surface area contributed by atoms with E-state index in [2.05, 4.69) is 10.3 Å². The summed E-state index contributed by atoms with van der Waals surface area (Å²) in [6, 6.07) is 11.0. The van der Waals surface area contributed by atoms with Gasteiger partial charge in [-0.15, -0.1) is 0 Å². The summed E-state index contributed by atoms with van der Waals surface area (Å²) in [5.41, 5.74) is 0.400. The van der Waals surface area contributed by atoms with Crippen LogP contribution < -0.4 is 5.32 Å². The number of nitriles is 1. The molecule has 1 atom stereocenters. The molecule has 2 aromatic rings. The summed E-state index contributed by atoms with van der Waals surface area (Å²) < 4.78 is 5.27. The summed E-state index contributed by atoms with van der Waals surface area (Å²) in [4.78, 5) is 4.13. The Morgan fingerprint density at radius 3 is 2.94 bits per heavy atom. The molecule has 4 heteroatoms. The Morgan fingerprint density at radius 2 is 2.25 bits per heavy atom. The number of nitrogens with zero attached hydrogens (tertiary/aromatic N) is 2. The number of anilines is 1. The number of rotatable bonds is 3. The molecule has 2 rings (SSSR count). The van der Waals surface area contributed by atoms with Gasteiger partial charge in [-0.2, -0.15) is 5.26 Å². The van der Waals surface area contributed by atoms with Crippen LogP contribution in [0.4, 0.5) is 5.82 Å². The van der Waals surface area contributed by atoms with Gasteiger partial charge in [-0.25, -0.2) is 4.98 Å². The van der Waals surface area contributed by atoms with Crippen LogP contribution >= 0.6 is 0 Å². The Kier molecular flexibility index (Phi) is 2.88. The zero-order chi connectivity index (χ0) is 11.4. The maximum Gasteiger partial charge on any atom is 0.142 e. The second-order valence-electron chi connectivity index (χ2n) is 3.40. The Labute approximate surface area is 93.5 Å². The molecule has 0 radical (unpaired) electrons. The third-order valence-electron chi connectivity index (χ3n) is 2.20. The van der Waals surface area contributed by atoms with E-state index in [0.717, 1.165) is 5.76 Å². The van der Waals surface area contributed by atoms with Gasteiger partial charge in [0, 0.05) is 0 Å². The zero-order valence-electron chi connectivity index (χ0n) is 8.84. The van der Waals surface area contributed by atoms with Gasteiger partial charge in [-0.05, 0) is 31.2 Å². The lowest BCUT2D eigenvalue weighted by atomic mass is 10.2. The van der Waals surface area contributed by atoms with Crippen molar-refractivity contribution >= 4 is 5.82 Å². The highest BCUT2D eigenvalue weighted by molar-refractivity contribution is 5.39. The number of pyridine rings is 1. The summed E-state index contributed by atoms with van der Waals surface area (Å²) >= 11 is 0. The van der Waals surface area contributed by atoms with Crippen molar-refractivity contribution in [1.29, 1.82) is 5.26 Å². The number of furan rings is 1. The third-order valence-corrected chi connectivity index (χ3v) is 2.20. The lowest BCUT2D eigenvalue weighted by Crippen LogP contribution is -2.07. The molecule has 1 N–H and O–H groups in total. The Balaban J connectivity index is 2.12. The average molecular weight is 213 g/mol. The van der Waals surface area contributed by atoms with Crippen LogP contribution in [-0.2, 0) is 0 Å². The Hall–Kier alpha value is -2.28. The molecule has 0 amide bonds. The monoisotopic (exact) mass is 213 g/mol. The van der Waals surface area contributed by atoms with Gasteiger partial charge in [0.15, 0.2) is 0 Å². The van der Waals surface area contributed by atoms with E-state index in [-0.39, 0.29) is 6.04 Å². The molecule has 0 saturated carbocycles. The minimum atomic E-state index is 0.0245. The quantitative estimate of drug-likeness (QED) is 0.851. The highest BCUT2D eigenvalue weighted by atomic mass is 16.3. The molecule has 0 bridgehead atoms. The van der Waals surface area contributed by atoms with Gasteiger partial charge in [0.25, 0.3) is 0 Å². The summed E-state index contributed by atoms with van der Waals surface area (Å²) in [6.07, 6.45) is 1.63. The maximum absolute atomic E-state index is 8.72. The second-order valence-corrected chi connectivity index (χ2v) is 3.40. The molecule has 2 heterocycles. The molecule has 0 aliphatic heterocycles. The van der Waals surface area contributed by atoms with Gasteiger partial charge in [-0.3, -0.25) is 0 Å². The molecule has 0 fully saturated rings. The van der Waals surface area contributed by atoms with Gasteiger partial charge >= 0.3 is 0 Å². The Bertz CT molecular complexity index is 499. The average Bonchev–Trinajstić information content (AvgIpc) is 2.83. The molecule has 1 unspecified atom stereocenters. The fourth-order valence-electron chi connectivity index (χ4n) is 1.41. The van der Waals surface area contributed by atoms with E-state index in [4.69, 9.17) is 9.68 Å². The molecule has 0 aliphatic carbocycles. The normalized spacial score (nSPS) is 11.8. The van der Waals surface area contributed by atoms with Crippen molar-refractivity contribution in [3.63, 3.8) is 0 Å². The fourth-order valence-corrected chi connectivity index (χ4v) is 1.41. The van der Waals surface area contributed by atoms with Gasteiger partial charge in [0.2, 0.25) is 0 Å². The van der Waals surface area contributed by atoms with Crippen LogP contribution in [-0.4, -0.2) is 4.98 Å². The summed E-state index contributed by atoms with van der Waals surface area (Å²) in [6.45, 7) is 1.97. The van der Waals surface area contributed by atoms with Crippen LogP contribution in [0.3, 0.4) is 0 Å².